The van der Waals surface area contributed by atoms with Crippen LogP contribution in [0.5, 0.6) is 5.75 Å². The van der Waals surface area contributed by atoms with E-state index >= 15 is 0 Å². The largest absolute Gasteiger partial charge is 0.508 e. The van der Waals surface area contributed by atoms with Gasteiger partial charge in [0.15, 0.2) is 0 Å². The van der Waals surface area contributed by atoms with E-state index < -0.39 is 47.9 Å². The number of carboxylic acids is 1. The van der Waals surface area contributed by atoms with E-state index in [-0.39, 0.29) is 23.8 Å². The third kappa shape index (κ3) is 10.4. The van der Waals surface area contributed by atoms with Gasteiger partial charge in [0.05, 0.1) is 6.04 Å². The maximum Gasteiger partial charge on any atom is 0.326 e. The molecule has 0 bridgehead atoms. The van der Waals surface area contributed by atoms with Gasteiger partial charge in [0.2, 0.25) is 17.7 Å². The highest BCUT2D eigenvalue weighted by molar-refractivity contribution is 7.98. The molecule has 0 radical (unpaired) electrons. The molecule has 0 fully saturated rings. The van der Waals surface area contributed by atoms with Crippen LogP contribution in [0.3, 0.4) is 0 Å². The third-order valence-corrected chi connectivity index (χ3v) is 6.60. The molecule has 35 heavy (non-hydrogen) atoms. The number of benzene rings is 1. The maximum absolute atomic E-state index is 13.1. The number of carbonyl (C=O) groups excluding carboxylic acids is 3. The van der Waals surface area contributed by atoms with Crippen LogP contribution >= 0.6 is 24.4 Å². The van der Waals surface area contributed by atoms with Crippen molar-refractivity contribution in [2.45, 2.75) is 57.3 Å². The van der Waals surface area contributed by atoms with Gasteiger partial charge in [-0.2, -0.15) is 24.4 Å². The van der Waals surface area contributed by atoms with Crippen molar-refractivity contribution in [1.29, 1.82) is 0 Å². The molecule has 196 valence electrons. The second-order valence-corrected chi connectivity index (χ2v) is 9.62. The van der Waals surface area contributed by atoms with Crippen LogP contribution in [0.1, 0.15) is 32.3 Å². The topological polar surface area (TPSA) is 171 Å². The predicted octanol–water partition coefficient (Wildman–Crippen LogP) is 0.530. The summed E-state index contributed by atoms with van der Waals surface area (Å²) < 4.78 is 0. The number of aliphatic carboxylic acids is 1. The molecule has 5 unspecified atom stereocenters. The fourth-order valence-corrected chi connectivity index (χ4v) is 3.79. The lowest BCUT2D eigenvalue weighted by Gasteiger charge is -2.28. The van der Waals surface area contributed by atoms with E-state index in [2.05, 4.69) is 28.6 Å². The number of nitrogens with two attached hydrogens (primary N) is 1. The Morgan fingerprint density at radius 3 is 2.14 bits per heavy atom. The Labute approximate surface area is 215 Å². The molecule has 0 aliphatic rings. The van der Waals surface area contributed by atoms with Gasteiger partial charge in [-0.05, 0) is 42.0 Å². The molecule has 0 saturated heterocycles. The number of phenolic OH excluding ortho intramolecular Hbond substituents is 1. The average Bonchev–Trinajstić information content (AvgIpc) is 2.84. The molecule has 1 aromatic rings. The third-order valence-electron chi connectivity index (χ3n) is 5.56. The molecule has 0 aliphatic carbocycles. The Balaban J connectivity index is 3.01. The van der Waals surface area contributed by atoms with E-state index in [1.807, 2.05) is 13.2 Å². The minimum atomic E-state index is -1.24. The first kappa shape index (κ1) is 30.6. The van der Waals surface area contributed by atoms with Gasteiger partial charge in [-0.3, -0.25) is 14.4 Å². The number of aromatic hydroxyl groups is 1. The first-order chi connectivity index (χ1) is 16.5. The van der Waals surface area contributed by atoms with Crippen LogP contribution in [0.15, 0.2) is 24.3 Å². The number of thiol groups is 1. The van der Waals surface area contributed by atoms with E-state index in [1.165, 1.54) is 23.9 Å². The first-order valence-corrected chi connectivity index (χ1v) is 13.3. The quantitative estimate of drug-likeness (QED) is 0.162. The molecule has 0 saturated carbocycles. The summed E-state index contributed by atoms with van der Waals surface area (Å²) in [6, 6.07) is 1.96. The Bertz CT molecular complexity index is 855. The normalized spacial score (nSPS) is 15.2. The Hall–Kier alpha value is -2.44. The van der Waals surface area contributed by atoms with Gasteiger partial charge in [0, 0.05) is 12.2 Å². The van der Waals surface area contributed by atoms with Crippen molar-refractivity contribution in [3.05, 3.63) is 29.8 Å². The fourth-order valence-electron chi connectivity index (χ4n) is 3.15. The van der Waals surface area contributed by atoms with Crippen LogP contribution in [0.2, 0.25) is 0 Å². The zero-order chi connectivity index (χ0) is 26.5. The number of hydrogen-bond acceptors (Lipinski definition) is 8. The van der Waals surface area contributed by atoms with Crippen molar-refractivity contribution in [1.82, 2.24) is 16.0 Å². The van der Waals surface area contributed by atoms with E-state index in [9.17, 15) is 29.4 Å². The maximum atomic E-state index is 13.1. The smallest absolute Gasteiger partial charge is 0.326 e. The van der Waals surface area contributed by atoms with Gasteiger partial charge in [0.1, 0.15) is 23.9 Å². The highest BCUT2D eigenvalue weighted by atomic mass is 32.2. The van der Waals surface area contributed by atoms with Crippen LogP contribution in [-0.4, -0.2) is 75.8 Å². The number of thioether (sulfide) groups is 1. The van der Waals surface area contributed by atoms with E-state index in [0.29, 0.717) is 24.2 Å². The standard InChI is InChI=1S/C23H36N4O6S2/c1-4-13(2)19(27-21(30)17(9-10-35-3)25-20(29)16(24)12-34)22(31)26-18(23(32)33)11-14-5-7-15(28)8-6-14/h5-8,13,16-19,28,34H,4,9-12,24H2,1-3H3,(H,25,29)(H,26,31)(H,27,30)(H,32,33). The molecule has 7 N–H and O–H groups in total. The van der Waals surface area contributed by atoms with Gasteiger partial charge >= 0.3 is 5.97 Å². The Morgan fingerprint density at radius 1 is 1.03 bits per heavy atom. The molecule has 1 aromatic carbocycles. The zero-order valence-corrected chi connectivity index (χ0v) is 21.9. The summed E-state index contributed by atoms with van der Waals surface area (Å²) in [5.74, 6) is -2.51. The lowest BCUT2D eigenvalue weighted by molar-refractivity contribution is -0.142. The van der Waals surface area contributed by atoms with Crippen LogP contribution < -0.4 is 21.7 Å². The number of carbonyl (C=O) groups is 4. The van der Waals surface area contributed by atoms with Gasteiger partial charge in [-0.1, -0.05) is 32.4 Å². The summed E-state index contributed by atoms with van der Waals surface area (Å²) in [6.45, 7) is 3.62. The van der Waals surface area contributed by atoms with Crippen molar-refractivity contribution >= 4 is 48.1 Å². The second kappa shape index (κ2) is 15.5. The first-order valence-electron chi connectivity index (χ1n) is 11.3. The molecule has 3 amide bonds. The summed E-state index contributed by atoms with van der Waals surface area (Å²) in [5, 5.41) is 26.9. The number of phenols is 1. The molecule has 10 nitrogen and oxygen atoms in total. The number of carboxylic acid groups (broad SMARTS) is 1. The van der Waals surface area contributed by atoms with Crippen LogP contribution in [0, 0.1) is 5.92 Å². The molecular formula is C23H36N4O6S2. The number of nitrogens with one attached hydrogen (secondary N) is 3. The highest BCUT2D eigenvalue weighted by Crippen LogP contribution is 2.13. The molecule has 5 atom stereocenters. The van der Waals surface area contributed by atoms with Gasteiger partial charge in [-0.25, -0.2) is 4.79 Å². The van der Waals surface area contributed by atoms with Crippen molar-refractivity contribution in [3.8, 4) is 5.75 Å². The molecule has 12 heteroatoms. The SMILES string of the molecule is CCC(C)C(NC(=O)C(CCSC)NC(=O)C(N)CS)C(=O)NC(Cc1ccc(O)cc1)C(=O)O. The summed E-state index contributed by atoms with van der Waals surface area (Å²) in [6.07, 6.45) is 2.73. The van der Waals surface area contributed by atoms with Crippen molar-refractivity contribution < 1.29 is 29.4 Å². The summed E-state index contributed by atoms with van der Waals surface area (Å²) in [7, 11) is 0. The average molecular weight is 529 g/mol. The predicted molar refractivity (Wildman–Crippen MR) is 140 cm³/mol. The van der Waals surface area contributed by atoms with E-state index in [4.69, 9.17) is 5.73 Å². The molecule has 0 aliphatic heterocycles. The minimum Gasteiger partial charge on any atom is -0.508 e. The lowest BCUT2D eigenvalue weighted by Crippen LogP contribution is -2.59. The van der Waals surface area contributed by atoms with Gasteiger partial charge in [0.25, 0.3) is 0 Å². The van der Waals surface area contributed by atoms with Crippen molar-refractivity contribution in [2.24, 2.45) is 11.7 Å². The van der Waals surface area contributed by atoms with Crippen LogP contribution in [-0.2, 0) is 25.6 Å². The lowest BCUT2D eigenvalue weighted by atomic mass is 9.96. The van der Waals surface area contributed by atoms with Crippen molar-refractivity contribution in [3.63, 3.8) is 0 Å². The number of rotatable bonds is 15. The fraction of sp³-hybridized carbons (Fsp3) is 0.565. The Morgan fingerprint density at radius 2 is 1.63 bits per heavy atom. The van der Waals surface area contributed by atoms with Crippen molar-refractivity contribution in [2.75, 3.05) is 17.8 Å². The van der Waals surface area contributed by atoms with Crippen LogP contribution in [0.25, 0.3) is 0 Å². The van der Waals surface area contributed by atoms with Gasteiger partial charge in [-0.15, -0.1) is 0 Å². The summed E-state index contributed by atoms with van der Waals surface area (Å²) >= 11 is 5.51. The number of hydrogen-bond donors (Lipinski definition) is 7. The minimum absolute atomic E-state index is 0.00343. The zero-order valence-electron chi connectivity index (χ0n) is 20.2. The number of amides is 3. The summed E-state index contributed by atoms with van der Waals surface area (Å²) in [5.41, 5.74) is 6.32. The molecule has 0 aromatic heterocycles. The second-order valence-electron chi connectivity index (χ2n) is 8.27. The highest BCUT2D eigenvalue weighted by Gasteiger charge is 2.32. The monoisotopic (exact) mass is 528 g/mol. The van der Waals surface area contributed by atoms with Gasteiger partial charge < -0.3 is 31.9 Å². The Kier molecular flexibility index (Phi) is 13.6. The van der Waals surface area contributed by atoms with E-state index in [1.54, 1.807) is 19.1 Å². The molecule has 0 heterocycles. The van der Waals surface area contributed by atoms with Crippen LogP contribution in [0.4, 0.5) is 0 Å². The van der Waals surface area contributed by atoms with E-state index in [0.717, 1.165) is 0 Å². The summed E-state index contributed by atoms with van der Waals surface area (Å²) in [4.78, 5) is 50.2. The molecular weight excluding hydrogens is 492 g/mol. The molecule has 1 rings (SSSR count). The molecule has 0 spiro atoms.